The van der Waals surface area contributed by atoms with E-state index in [1.807, 2.05) is 0 Å². The lowest BCUT2D eigenvalue weighted by atomic mass is 10.0. The maximum absolute atomic E-state index is 12.5. The Morgan fingerprint density at radius 1 is 0.345 bits per heavy atom. The SMILES string of the molecule is CCCCCCCCCC/C=C\CCCCCCCCCCCCCCCC(=O)OCC(COC(=O)CCCCCCC)OC(=O)CCCCCCCCC. The van der Waals surface area contributed by atoms with Crippen LogP contribution in [0.5, 0.6) is 0 Å². The summed E-state index contributed by atoms with van der Waals surface area (Å²) in [4.78, 5) is 37.3. The van der Waals surface area contributed by atoms with Crippen molar-refractivity contribution in [3.63, 3.8) is 0 Å². The van der Waals surface area contributed by atoms with Gasteiger partial charge in [0.1, 0.15) is 13.2 Å². The topological polar surface area (TPSA) is 78.9 Å². The second-order valence-electron chi connectivity index (χ2n) is 16.4. The first-order valence-electron chi connectivity index (χ1n) is 24.2. The highest BCUT2D eigenvalue weighted by molar-refractivity contribution is 5.71. The Hall–Kier alpha value is -1.85. The molecule has 0 radical (unpaired) electrons. The van der Waals surface area contributed by atoms with E-state index in [1.165, 1.54) is 161 Å². The summed E-state index contributed by atoms with van der Waals surface area (Å²) in [6.45, 7) is 6.52. The summed E-state index contributed by atoms with van der Waals surface area (Å²) in [5, 5.41) is 0. The van der Waals surface area contributed by atoms with E-state index in [2.05, 4.69) is 32.9 Å². The number of hydrogen-bond donors (Lipinski definition) is 0. The zero-order valence-electron chi connectivity index (χ0n) is 37.0. The van der Waals surface area contributed by atoms with Crippen molar-refractivity contribution in [2.24, 2.45) is 0 Å². The molecule has 0 aromatic rings. The van der Waals surface area contributed by atoms with Gasteiger partial charge in [-0.25, -0.2) is 0 Å². The monoisotopic (exact) mass is 777 g/mol. The summed E-state index contributed by atoms with van der Waals surface area (Å²) in [5.74, 6) is -0.881. The Kier molecular flexibility index (Phi) is 43.4. The summed E-state index contributed by atoms with van der Waals surface area (Å²) in [6.07, 6.45) is 48.4. The van der Waals surface area contributed by atoms with E-state index in [-0.39, 0.29) is 31.1 Å². The van der Waals surface area contributed by atoms with E-state index in [4.69, 9.17) is 14.2 Å². The van der Waals surface area contributed by atoms with Crippen molar-refractivity contribution in [1.82, 2.24) is 0 Å². The highest BCUT2D eigenvalue weighted by Crippen LogP contribution is 2.15. The molecule has 0 aromatic carbocycles. The number of allylic oxidation sites excluding steroid dienone is 2. The van der Waals surface area contributed by atoms with Crippen molar-refractivity contribution in [1.29, 1.82) is 0 Å². The van der Waals surface area contributed by atoms with Crippen molar-refractivity contribution in [3.8, 4) is 0 Å². The molecule has 0 bridgehead atoms. The smallest absolute Gasteiger partial charge is 0.306 e. The number of unbranched alkanes of at least 4 members (excludes halogenated alkanes) is 31. The number of rotatable bonds is 44. The Morgan fingerprint density at radius 3 is 0.909 bits per heavy atom. The van der Waals surface area contributed by atoms with Crippen molar-refractivity contribution in [2.75, 3.05) is 13.2 Å². The summed E-state index contributed by atoms with van der Waals surface area (Å²) in [7, 11) is 0. The number of ether oxygens (including phenoxy) is 3. The number of hydrogen-bond acceptors (Lipinski definition) is 6. The van der Waals surface area contributed by atoms with Crippen LogP contribution in [0.25, 0.3) is 0 Å². The molecular weight excluding hydrogens is 685 g/mol. The van der Waals surface area contributed by atoms with Gasteiger partial charge in [0, 0.05) is 19.3 Å². The molecular formula is C49H92O6. The molecule has 0 saturated carbocycles. The first-order valence-corrected chi connectivity index (χ1v) is 24.2. The van der Waals surface area contributed by atoms with Gasteiger partial charge < -0.3 is 14.2 Å². The number of carbonyl (C=O) groups excluding carboxylic acids is 3. The Morgan fingerprint density at radius 2 is 0.600 bits per heavy atom. The molecule has 0 rings (SSSR count). The Bertz CT molecular complexity index is 854. The van der Waals surface area contributed by atoms with Gasteiger partial charge in [-0.2, -0.15) is 0 Å². The molecule has 1 unspecified atom stereocenters. The molecule has 0 heterocycles. The minimum atomic E-state index is -0.758. The molecule has 0 aromatic heterocycles. The molecule has 324 valence electrons. The fraction of sp³-hybridized carbons (Fsp3) is 0.898. The van der Waals surface area contributed by atoms with E-state index in [0.29, 0.717) is 19.3 Å². The first-order chi connectivity index (χ1) is 27.0. The molecule has 1 atom stereocenters. The largest absolute Gasteiger partial charge is 0.462 e. The van der Waals surface area contributed by atoms with Gasteiger partial charge in [0.25, 0.3) is 0 Å². The lowest BCUT2D eigenvalue weighted by molar-refractivity contribution is -0.167. The first kappa shape index (κ1) is 53.1. The van der Waals surface area contributed by atoms with E-state index in [0.717, 1.165) is 64.2 Å². The van der Waals surface area contributed by atoms with Gasteiger partial charge in [-0.1, -0.05) is 213 Å². The quantitative estimate of drug-likeness (QED) is 0.0265. The van der Waals surface area contributed by atoms with Crippen molar-refractivity contribution in [3.05, 3.63) is 12.2 Å². The van der Waals surface area contributed by atoms with Crippen LogP contribution >= 0.6 is 0 Å². The minimum Gasteiger partial charge on any atom is -0.462 e. The number of esters is 3. The van der Waals surface area contributed by atoms with Crippen LogP contribution in [0.1, 0.15) is 265 Å². The second kappa shape index (κ2) is 44.9. The highest BCUT2D eigenvalue weighted by Gasteiger charge is 2.19. The molecule has 55 heavy (non-hydrogen) atoms. The van der Waals surface area contributed by atoms with Gasteiger partial charge in [0.2, 0.25) is 0 Å². The molecule has 6 heteroatoms. The normalized spacial score (nSPS) is 12.0. The summed E-state index contributed by atoms with van der Waals surface area (Å²) < 4.78 is 16.5. The van der Waals surface area contributed by atoms with Gasteiger partial charge in [0.15, 0.2) is 6.10 Å². The molecule has 0 aliphatic heterocycles. The molecule has 0 N–H and O–H groups in total. The van der Waals surface area contributed by atoms with E-state index < -0.39 is 6.10 Å². The van der Waals surface area contributed by atoms with Crippen molar-refractivity contribution >= 4 is 17.9 Å². The maximum Gasteiger partial charge on any atom is 0.306 e. The van der Waals surface area contributed by atoms with E-state index >= 15 is 0 Å². The lowest BCUT2D eigenvalue weighted by Gasteiger charge is -2.18. The molecule has 0 amide bonds. The van der Waals surface area contributed by atoms with Crippen LogP contribution in [0.4, 0.5) is 0 Å². The average molecular weight is 777 g/mol. The molecule has 0 saturated heterocycles. The maximum atomic E-state index is 12.5. The minimum absolute atomic E-state index is 0.0673. The zero-order valence-corrected chi connectivity index (χ0v) is 37.0. The third-order valence-electron chi connectivity index (χ3n) is 10.8. The van der Waals surface area contributed by atoms with Crippen LogP contribution in [0.3, 0.4) is 0 Å². The standard InChI is InChI=1S/C49H92O6/c1-4-7-10-13-15-16-17-18-19-20-21-22-23-24-25-26-27-28-29-30-31-32-34-36-39-42-48(51)54-45-46(44-53-47(50)41-38-35-12-9-6-3)55-49(52)43-40-37-33-14-11-8-5-2/h20-21,46H,4-19,22-45H2,1-3H3/b21-20-. The van der Waals surface area contributed by atoms with Crippen LogP contribution in [-0.2, 0) is 28.6 Å². The fourth-order valence-corrected chi connectivity index (χ4v) is 7.08. The third kappa shape index (κ3) is 43.1. The average Bonchev–Trinajstić information content (AvgIpc) is 3.18. The predicted molar refractivity (Wildman–Crippen MR) is 233 cm³/mol. The van der Waals surface area contributed by atoms with Crippen LogP contribution in [0.2, 0.25) is 0 Å². The molecule has 0 aliphatic rings. The number of carbonyl (C=O) groups is 3. The van der Waals surface area contributed by atoms with Crippen LogP contribution in [0.15, 0.2) is 12.2 Å². The summed E-state index contributed by atoms with van der Waals surface area (Å²) in [5.41, 5.74) is 0. The van der Waals surface area contributed by atoms with Crippen molar-refractivity contribution < 1.29 is 28.6 Å². The van der Waals surface area contributed by atoms with Gasteiger partial charge in [-0.05, 0) is 44.9 Å². The molecule has 0 fully saturated rings. The van der Waals surface area contributed by atoms with Crippen LogP contribution < -0.4 is 0 Å². The van der Waals surface area contributed by atoms with Gasteiger partial charge in [0.05, 0.1) is 0 Å². The third-order valence-corrected chi connectivity index (χ3v) is 10.8. The summed E-state index contributed by atoms with van der Waals surface area (Å²) >= 11 is 0. The molecule has 0 spiro atoms. The predicted octanol–water partition coefficient (Wildman–Crippen LogP) is 15.4. The Labute approximate surface area is 341 Å². The van der Waals surface area contributed by atoms with E-state index in [1.54, 1.807) is 0 Å². The van der Waals surface area contributed by atoms with Gasteiger partial charge in [-0.15, -0.1) is 0 Å². The summed E-state index contributed by atoms with van der Waals surface area (Å²) in [6, 6.07) is 0. The van der Waals surface area contributed by atoms with Crippen LogP contribution in [-0.4, -0.2) is 37.2 Å². The van der Waals surface area contributed by atoms with Gasteiger partial charge in [-0.3, -0.25) is 14.4 Å². The van der Waals surface area contributed by atoms with Gasteiger partial charge >= 0.3 is 17.9 Å². The van der Waals surface area contributed by atoms with E-state index in [9.17, 15) is 14.4 Å². The second-order valence-corrected chi connectivity index (χ2v) is 16.4. The molecule has 6 nitrogen and oxygen atoms in total. The fourth-order valence-electron chi connectivity index (χ4n) is 7.08. The zero-order chi connectivity index (χ0) is 40.1. The highest BCUT2D eigenvalue weighted by atomic mass is 16.6. The van der Waals surface area contributed by atoms with Crippen LogP contribution in [0, 0.1) is 0 Å². The molecule has 0 aliphatic carbocycles. The lowest BCUT2D eigenvalue weighted by Crippen LogP contribution is -2.30. The Balaban J connectivity index is 3.90. The van der Waals surface area contributed by atoms with Crippen molar-refractivity contribution in [2.45, 2.75) is 271 Å².